The number of benzene rings is 1. The van der Waals surface area contributed by atoms with Crippen molar-refractivity contribution < 1.29 is 14.2 Å². The van der Waals surface area contributed by atoms with E-state index in [1.165, 1.54) is 32.1 Å². The molecule has 0 aromatic heterocycles. The molecule has 0 saturated heterocycles. The van der Waals surface area contributed by atoms with Crippen LogP contribution >= 0.6 is 0 Å². The maximum atomic E-state index is 5.62. The van der Waals surface area contributed by atoms with E-state index in [4.69, 9.17) is 14.2 Å². The van der Waals surface area contributed by atoms with Crippen molar-refractivity contribution in [3.05, 3.63) is 17.7 Å². The summed E-state index contributed by atoms with van der Waals surface area (Å²) in [5, 5.41) is 3.87. The molecule has 1 aromatic rings. The summed E-state index contributed by atoms with van der Waals surface area (Å²) < 4.78 is 16.5. The smallest absolute Gasteiger partial charge is 0.203 e. The third kappa shape index (κ3) is 2.65. The molecule has 1 aromatic carbocycles. The minimum atomic E-state index is 0.676. The van der Waals surface area contributed by atoms with Gasteiger partial charge in [-0.1, -0.05) is 6.07 Å². The zero-order valence-electron chi connectivity index (χ0n) is 15.0. The highest BCUT2D eigenvalue weighted by Gasteiger charge is 2.47. The molecule has 1 N–H and O–H groups in total. The summed E-state index contributed by atoms with van der Waals surface area (Å²) in [6.07, 6.45) is 7.26. The number of hydrogen-bond donors (Lipinski definition) is 1. The Bertz CT molecular complexity index is 573. The molecular weight excluding hydrogens is 302 g/mol. The van der Waals surface area contributed by atoms with E-state index in [1.807, 2.05) is 6.07 Å². The maximum Gasteiger partial charge on any atom is 0.203 e. The van der Waals surface area contributed by atoms with Crippen LogP contribution in [0.25, 0.3) is 0 Å². The van der Waals surface area contributed by atoms with Crippen molar-refractivity contribution in [1.82, 2.24) is 5.32 Å². The number of rotatable bonds is 6. The van der Waals surface area contributed by atoms with Gasteiger partial charge in [0.25, 0.3) is 0 Å². The van der Waals surface area contributed by atoms with Gasteiger partial charge in [0.15, 0.2) is 11.5 Å². The zero-order valence-corrected chi connectivity index (χ0v) is 15.0. The van der Waals surface area contributed by atoms with E-state index in [0.29, 0.717) is 17.5 Å². The molecule has 0 spiro atoms. The lowest BCUT2D eigenvalue weighted by atomic mass is 9.54. The molecule has 0 heterocycles. The summed E-state index contributed by atoms with van der Waals surface area (Å²) in [5.41, 5.74) is 1.14. The summed E-state index contributed by atoms with van der Waals surface area (Å²) >= 11 is 0. The van der Waals surface area contributed by atoms with Gasteiger partial charge in [-0.2, -0.15) is 0 Å². The van der Waals surface area contributed by atoms with Crippen molar-refractivity contribution in [3.8, 4) is 17.2 Å². The Morgan fingerprint density at radius 3 is 2.00 bits per heavy atom. The lowest BCUT2D eigenvalue weighted by molar-refractivity contribution is -0.0143. The van der Waals surface area contributed by atoms with E-state index in [9.17, 15) is 0 Å². The molecule has 4 fully saturated rings. The van der Waals surface area contributed by atoms with Crippen molar-refractivity contribution in [2.75, 3.05) is 21.3 Å². The van der Waals surface area contributed by atoms with Crippen LogP contribution in [0.3, 0.4) is 0 Å². The van der Waals surface area contributed by atoms with Crippen LogP contribution < -0.4 is 19.5 Å². The predicted octanol–water partition coefficient (Wildman–Crippen LogP) is 3.63. The van der Waals surface area contributed by atoms with E-state index < -0.39 is 0 Å². The van der Waals surface area contributed by atoms with Gasteiger partial charge in [-0.25, -0.2) is 0 Å². The van der Waals surface area contributed by atoms with E-state index in [2.05, 4.69) is 11.4 Å². The Balaban J connectivity index is 1.50. The number of ether oxygens (including phenoxy) is 3. The zero-order chi connectivity index (χ0) is 16.7. The molecule has 5 rings (SSSR count). The fraction of sp³-hybridized carbons (Fsp3) is 0.700. The molecule has 4 nitrogen and oxygen atoms in total. The van der Waals surface area contributed by atoms with Crippen LogP contribution in [0.2, 0.25) is 0 Å². The standard InChI is InChI=1S/C20H29NO3/c1-22-17-5-4-14(19(23-2)20(17)24-3)11-21-18-15-7-12-6-13(9-15)10-16(18)8-12/h4-5,12-13,15-16,18,21H,6-11H2,1-3H3. The van der Waals surface area contributed by atoms with Gasteiger partial charge in [-0.05, 0) is 61.8 Å². The number of hydrogen-bond acceptors (Lipinski definition) is 4. The normalized spacial score (nSPS) is 33.5. The van der Waals surface area contributed by atoms with Crippen molar-refractivity contribution in [3.63, 3.8) is 0 Å². The first kappa shape index (κ1) is 16.1. The highest BCUT2D eigenvalue weighted by atomic mass is 16.5. The van der Waals surface area contributed by atoms with Gasteiger partial charge in [0.2, 0.25) is 5.75 Å². The topological polar surface area (TPSA) is 39.7 Å². The van der Waals surface area contributed by atoms with Gasteiger partial charge in [-0.15, -0.1) is 0 Å². The Kier molecular flexibility index (Phi) is 4.33. The fourth-order valence-corrected chi connectivity index (χ4v) is 5.79. The maximum absolute atomic E-state index is 5.62. The van der Waals surface area contributed by atoms with Gasteiger partial charge in [-0.3, -0.25) is 0 Å². The molecular formula is C20H29NO3. The summed E-state index contributed by atoms with van der Waals surface area (Å²) in [7, 11) is 5.02. The van der Waals surface area contributed by atoms with Crippen LogP contribution in [-0.2, 0) is 6.54 Å². The van der Waals surface area contributed by atoms with Crippen LogP contribution in [0.15, 0.2) is 12.1 Å². The SMILES string of the molecule is COc1ccc(CNC2C3CC4CC(C3)CC2C4)c(OC)c1OC. The van der Waals surface area contributed by atoms with Gasteiger partial charge >= 0.3 is 0 Å². The van der Waals surface area contributed by atoms with Gasteiger partial charge < -0.3 is 19.5 Å². The largest absolute Gasteiger partial charge is 0.493 e. The van der Waals surface area contributed by atoms with Gasteiger partial charge in [0.1, 0.15) is 0 Å². The first-order valence-corrected chi connectivity index (χ1v) is 9.24. The molecule has 132 valence electrons. The summed E-state index contributed by atoms with van der Waals surface area (Å²) in [6.45, 7) is 0.830. The van der Waals surface area contributed by atoms with Crippen molar-refractivity contribution >= 4 is 0 Å². The van der Waals surface area contributed by atoms with Crippen molar-refractivity contribution in [2.45, 2.75) is 44.7 Å². The molecule has 4 bridgehead atoms. The fourth-order valence-electron chi connectivity index (χ4n) is 5.79. The summed E-state index contributed by atoms with van der Waals surface area (Å²) in [6, 6.07) is 4.73. The minimum absolute atomic E-state index is 0.676. The highest BCUT2D eigenvalue weighted by Crippen LogP contribution is 2.53. The molecule has 0 unspecified atom stereocenters. The van der Waals surface area contributed by atoms with E-state index >= 15 is 0 Å². The van der Waals surface area contributed by atoms with Crippen LogP contribution in [0, 0.1) is 23.7 Å². The van der Waals surface area contributed by atoms with E-state index in [0.717, 1.165) is 41.5 Å². The number of methoxy groups -OCH3 is 3. The molecule has 0 aliphatic heterocycles. The minimum Gasteiger partial charge on any atom is -0.493 e. The quantitative estimate of drug-likeness (QED) is 0.864. The number of nitrogens with one attached hydrogen (secondary N) is 1. The average Bonchev–Trinajstić information content (AvgIpc) is 2.59. The second-order valence-electron chi connectivity index (χ2n) is 7.83. The first-order valence-electron chi connectivity index (χ1n) is 9.24. The highest BCUT2D eigenvalue weighted by molar-refractivity contribution is 5.55. The van der Waals surface area contributed by atoms with E-state index in [1.54, 1.807) is 21.3 Å². The lowest BCUT2D eigenvalue weighted by Crippen LogP contribution is -2.54. The summed E-state index contributed by atoms with van der Waals surface area (Å²) in [5.74, 6) is 5.98. The van der Waals surface area contributed by atoms with Crippen LogP contribution in [0.4, 0.5) is 0 Å². The Hall–Kier alpha value is -1.42. The van der Waals surface area contributed by atoms with Crippen molar-refractivity contribution in [2.24, 2.45) is 23.7 Å². The Morgan fingerprint density at radius 1 is 0.833 bits per heavy atom. The second-order valence-corrected chi connectivity index (χ2v) is 7.83. The van der Waals surface area contributed by atoms with Crippen LogP contribution in [-0.4, -0.2) is 27.4 Å². The lowest BCUT2D eigenvalue weighted by Gasteiger charge is -2.54. The van der Waals surface area contributed by atoms with Gasteiger partial charge in [0, 0.05) is 18.2 Å². The average molecular weight is 331 g/mol. The molecule has 24 heavy (non-hydrogen) atoms. The molecule has 4 aliphatic carbocycles. The van der Waals surface area contributed by atoms with Crippen LogP contribution in [0.5, 0.6) is 17.2 Å². The Labute approximate surface area is 144 Å². The molecule has 0 amide bonds. The van der Waals surface area contributed by atoms with Crippen molar-refractivity contribution in [1.29, 1.82) is 0 Å². The van der Waals surface area contributed by atoms with Crippen LogP contribution in [0.1, 0.15) is 37.7 Å². The monoisotopic (exact) mass is 331 g/mol. The molecule has 4 heteroatoms. The summed E-state index contributed by atoms with van der Waals surface area (Å²) in [4.78, 5) is 0. The Morgan fingerprint density at radius 2 is 1.46 bits per heavy atom. The second kappa shape index (κ2) is 6.47. The molecule has 4 saturated carbocycles. The molecule has 4 aliphatic rings. The first-order chi connectivity index (χ1) is 11.7. The third-order valence-electron chi connectivity index (χ3n) is 6.54. The predicted molar refractivity (Wildman–Crippen MR) is 93.8 cm³/mol. The van der Waals surface area contributed by atoms with Gasteiger partial charge in [0.05, 0.1) is 21.3 Å². The molecule has 0 atom stereocenters. The molecule has 0 radical (unpaired) electrons. The third-order valence-corrected chi connectivity index (χ3v) is 6.54. The van der Waals surface area contributed by atoms with E-state index in [-0.39, 0.29) is 0 Å².